The zero-order chi connectivity index (χ0) is 33.2. The van der Waals surface area contributed by atoms with Crippen LogP contribution in [0.3, 0.4) is 0 Å². The molecule has 4 nitrogen and oxygen atoms in total. The molecule has 0 aromatic carbocycles. The van der Waals surface area contributed by atoms with E-state index in [-0.39, 0.29) is 0 Å². The predicted octanol–water partition coefficient (Wildman–Crippen LogP) is 7.19. The van der Waals surface area contributed by atoms with E-state index in [1.54, 1.807) is 0 Å². The summed E-state index contributed by atoms with van der Waals surface area (Å²) in [6.07, 6.45) is -56.9. The molecule has 0 radical (unpaired) electrons. The van der Waals surface area contributed by atoms with Gasteiger partial charge < -0.3 is 0 Å². The SMILES string of the molecule is O=C(F)C(F)(F)C(F)(F)OC(F)(F)C(F)(F)C(F)(F)OC(F)(F)C(F)(F)C(F)(F)OC(F)(F)C(F)(F)C(F)(F)F. The molecule has 0 aromatic heterocycles. The largest absolute Gasteiger partial charge is 0.462 e. The van der Waals surface area contributed by atoms with E-state index >= 15 is 0 Å². The molecule has 28 heteroatoms. The molecule has 0 spiro atoms. The van der Waals surface area contributed by atoms with E-state index in [0.717, 1.165) is 14.2 Å². The van der Waals surface area contributed by atoms with Crippen molar-refractivity contribution >= 4 is 6.04 Å². The van der Waals surface area contributed by atoms with Crippen molar-refractivity contribution in [2.45, 2.75) is 66.5 Å². The van der Waals surface area contributed by atoms with Crippen molar-refractivity contribution < 1.29 is 124 Å². The third-order valence-corrected chi connectivity index (χ3v) is 3.57. The van der Waals surface area contributed by atoms with Crippen LogP contribution in [-0.4, -0.2) is 72.6 Å². The Morgan fingerprint density at radius 1 is 0.350 bits per heavy atom. The van der Waals surface area contributed by atoms with Crippen molar-refractivity contribution in [1.29, 1.82) is 0 Å². The minimum Gasteiger partial charge on any atom is -0.254 e. The average Bonchev–Trinajstić information content (AvgIpc) is 2.63. The molecule has 0 atom stereocenters. The molecule has 0 heterocycles. The van der Waals surface area contributed by atoms with Crippen molar-refractivity contribution in [2.24, 2.45) is 0 Å². The molecule has 240 valence electrons. The van der Waals surface area contributed by atoms with Gasteiger partial charge in [0, 0.05) is 0 Å². The van der Waals surface area contributed by atoms with Crippen LogP contribution in [0.15, 0.2) is 0 Å². The Kier molecular flexibility index (Phi) is 9.20. The van der Waals surface area contributed by atoms with E-state index in [9.17, 15) is 110 Å². The van der Waals surface area contributed by atoms with Gasteiger partial charge in [0.25, 0.3) is 0 Å². The normalized spacial score (nSPS) is 16.4. The maximum absolute atomic E-state index is 13.2. The van der Waals surface area contributed by atoms with Crippen LogP contribution < -0.4 is 0 Å². The molecule has 0 aliphatic rings. The fraction of sp³-hybridized carbons (Fsp3) is 0.917. The lowest BCUT2D eigenvalue weighted by Crippen LogP contribution is -2.66. The number of ether oxygens (including phenoxy) is 3. The second-order valence-electron chi connectivity index (χ2n) is 6.48. The zero-order valence-corrected chi connectivity index (χ0v) is 16.7. The zero-order valence-electron chi connectivity index (χ0n) is 16.7. The third kappa shape index (κ3) is 6.06. The Bertz CT molecular complexity index is 933. The van der Waals surface area contributed by atoms with Gasteiger partial charge in [-0.1, -0.05) is 0 Å². The van der Waals surface area contributed by atoms with E-state index in [1.807, 2.05) is 0 Å². The summed E-state index contributed by atoms with van der Waals surface area (Å²) in [6, 6.07) is -4.72. The molecule has 0 aromatic rings. The number of alkyl halides is 23. The van der Waals surface area contributed by atoms with Gasteiger partial charge in [0.15, 0.2) is 0 Å². The topological polar surface area (TPSA) is 44.8 Å². The highest BCUT2D eigenvalue weighted by Crippen LogP contribution is 2.57. The number of carbonyl (C=O) groups excluding carboxylic acids is 1. The quantitative estimate of drug-likeness (QED) is 0.155. The number of hydrogen-bond acceptors (Lipinski definition) is 4. The summed E-state index contributed by atoms with van der Waals surface area (Å²) in [5.74, 6) is -32.4. The lowest BCUT2D eigenvalue weighted by atomic mass is 10.2. The maximum atomic E-state index is 13.2. The summed E-state index contributed by atoms with van der Waals surface area (Å²) in [4.78, 5) is 9.64. The van der Waals surface area contributed by atoms with E-state index in [1.165, 1.54) is 0 Å². The van der Waals surface area contributed by atoms with Crippen LogP contribution in [0.5, 0.6) is 0 Å². The van der Waals surface area contributed by atoms with Gasteiger partial charge in [0.2, 0.25) is 0 Å². The minimum absolute atomic E-state index is 0.928. The van der Waals surface area contributed by atoms with Crippen molar-refractivity contribution in [3.63, 3.8) is 0 Å². The van der Waals surface area contributed by atoms with Gasteiger partial charge >= 0.3 is 72.6 Å². The summed E-state index contributed by atoms with van der Waals surface area (Å²) in [6.45, 7) is 0. The van der Waals surface area contributed by atoms with Gasteiger partial charge in [0.05, 0.1) is 0 Å². The molecular formula is C12F24O4. The summed E-state index contributed by atoms with van der Waals surface area (Å²) >= 11 is 0. The molecule has 0 saturated carbocycles. The Balaban J connectivity index is 6.46. The summed E-state index contributed by atoms with van der Waals surface area (Å²) in [5, 5.41) is 0. The Morgan fingerprint density at radius 2 is 0.550 bits per heavy atom. The van der Waals surface area contributed by atoms with Gasteiger partial charge in [-0.15, -0.1) is 0 Å². The van der Waals surface area contributed by atoms with Crippen LogP contribution in [0, 0.1) is 0 Å². The molecule has 0 aliphatic carbocycles. The van der Waals surface area contributed by atoms with Crippen LogP contribution in [0.1, 0.15) is 0 Å². The fourth-order valence-corrected chi connectivity index (χ4v) is 1.49. The number of halogens is 24. The van der Waals surface area contributed by atoms with Gasteiger partial charge in [-0.05, 0) is 0 Å². The predicted molar refractivity (Wildman–Crippen MR) is 64.9 cm³/mol. The van der Waals surface area contributed by atoms with Gasteiger partial charge in [-0.3, -0.25) is 4.79 Å². The van der Waals surface area contributed by atoms with Gasteiger partial charge in [-0.2, -0.15) is 105 Å². The van der Waals surface area contributed by atoms with E-state index in [4.69, 9.17) is 0 Å². The Labute approximate surface area is 198 Å². The first-order chi connectivity index (χ1) is 16.8. The van der Waals surface area contributed by atoms with E-state index in [0.29, 0.717) is 0 Å². The molecule has 0 bridgehead atoms. The highest BCUT2D eigenvalue weighted by Gasteiger charge is 2.86. The lowest BCUT2D eigenvalue weighted by Gasteiger charge is -2.38. The van der Waals surface area contributed by atoms with Crippen LogP contribution in [0.4, 0.5) is 105 Å². The van der Waals surface area contributed by atoms with Crippen LogP contribution in [-0.2, 0) is 19.0 Å². The van der Waals surface area contributed by atoms with E-state index < -0.39 is 72.6 Å². The van der Waals surface area contributed by atoms with Crippen LogP contribution in [0.2, 0.25) is 0 Å². The molecular weight excluding hydrogens is 664 g/mol. The summed E-state index contributed by atoms with van der Waals surface area (Å²) < 4.78 is 309. The van der Waals surface area contributed by atoms with Crippen molar-refractivity contribution in [3.8, 4) is 0 Å². The lowest BCUT2D eigenvalue weighted by molar-refractivity contribution is -0.558. The van der Waals surface area contributed by atoms with Gasteiger partial charge in [-0.25, -0.2) is 14.2 Å². The van der Waals surface area contributed by atoms with Crippen LogP contribution in [0.25, 0.3) is 0 Å². The molecule has 40 heavy (non-hydrogen) atoms. The molecule has 0 N–H and O–H groups in total. The van der Waals surface area contributed by atoms with E-state index in [2.05, 4.69) is 0 Å². The Hall–Kier alpha value is -2.13. The number of hydrogen-bond donors (Lipinski definition) is 0. The number of carbonyl (C=O) groups is 1. The molecule has 0 saturated heterocycles. The second-order valence-corrected chi connectivity index (χ2v) is 6.48. The van der Waals surface area contributed by atoms with Crippen molar-refractivity contribution in [1.82, 2.24) is 0 Å². The Morgan fingerprint density at radius 3 is 0.750 bits per heavy atom. The highest BCUT2D eigenvalue weighted by molar-refractivity contribution is 5.77. The van der Waals surface area contributed by atoms with Gasteiger partial charge in [0.1, 0.15) is 0 Å². The minimum atomic E-state index is -8.60. The summed E-state index contributed by atoms with van der Waals surface area (Å²) in [5.41, 5.74) is 0. The standard InChI is InChI=1S/C12F24O4/c13-1(37)2(14,15)7(25,26)38-9(29,30)4(18,19)11(33,34)40-12(35,36)5(20,21)10(31,32)39-8(27,28)3(16,17)6(22,23)24. The maximum Gasteiger partial charge on any atom is 0.462 e. The number of rotatable bonds is 13. The molecule has 0 rings (SSSR count). The third-order valence-electron chi connectivity index (χ3n) is 3.57. The first-order valence-electron chi connectivity index (χ1n) is 7.96. The first kappa shape index (κ1) is 37.9. The molecule has 0 unspecified atom stereocenters. The van der Waals surface area contributed by atoms with Crippen LogP contribution >= 0.6 is 0 Å². The molecule has 0 fully saturated rings. The first-order valence-corrected chi connectivity index (χ1v) is 7.96. The van der Waals surface area contributed by atoms with Crippen molar-refractivity contribution in [2.75, 3.05) is 0 Å². The molecule has 0 amide bonds. The highest BCUT2D eigenvalue weighted by atomic mass is 19.4. The molecule has 0 aliphatic heterocycles. The summed E-state index contributed by atoms with van der Waals surface area (Å²) in [7, 11) is 0. The monoisotopic (exact) mass is 664 g/mol. The second kappa shape index (κ2) is 9.72. The average molecular weight is 664 g/mol. The fourth-order valence-electron chi connectivity index (χ4n) is 1.49. The van der Waals surface area contributed by atoms with Crippen molar-refractivity contribution in [3.05, 3.63) is 0 Å². The smallest absolute Gasteiger partial charge is 0.254 e.